The fourth-order valence-electron chi connectivity index (χ4n) is 0.924. The topological polar surface area (TPSA) is 60.2 Å². The van der Waals surface area contributed by atoms with Crippen LogP contribution in [0.1, 0.15) is 5.56 Å². The molecule has 0 aromatic heterocycles. The number of hydrogen-bond acceptors (Lipinski definition) is 3. The number of hydrogen-bond donors (Lipinski definition) is 0. The van der Waals surface area contributed by atoms with Crippen molar-refractivity contribution in [1.82, 2.24) is 0 Å². The van der Waals surface area contributed by atoms with Crippen molar-refractivity contribution >= 4 is 28.6 Å². The fraction of sp³-hybridized carbons (Fsp3) is 0. The van der Waals surface area contributed by atoms with E-state index in [2.05, 4.69) is 0 Å². The first-order chi connectivity index (χ1) is 6.65. The maximum Gasteiger partial charge on any atom is 0.270 e. The van der Waals surface area contributed by atoms with Crippen LogP contribution in [0, 0.1) is 10.1 Å². The van der Waals surface area contributed by atoms with Gasteiger partial charge in [-0.2, -0.15) is 0 Å². The highest BCUT2D eigenvalue weighted by atomic mass is 35.5. The van der Waals surface area contributed by atoms with Gasteiger partial charge in [0, 0.05) is 12.1 Å². The van der Waals surface area contributed by atoms with Crippen molar-refractivity contribution in [3.05, 3.63) is 46.0 Å². The number of nitro benzene ring substituents is 1. The van der Waals surface area contributed by atoms with E-state index in [0.717, 1.165) is 6.08 Å². The molecular weight excluding hydrogens is 206 g/mol. The standard InChI is InChI=1S/C9H6ClNO3/c10-9(4-5-12)7-2-1-3-8(6-7)11(13)14/h1-6H. The lowest BCUT2D eigenvalue weighted by atomic mass is 10.2. The number of allylic oxidation sites excluding steroid dienone is 1. The molecule has 0 heterocycles. The van der Waals surface area contributed by atoms with Crippen molar-refractivity contribution in [3.8, 4) is 0 Å². The van der Waals surface area contributed by atoms with Crippen LogP contribution in [0.3, 0.4) is 0 Å². The van der Waals surface area contributed by atoms with Gasteiger partial charge in [0.25, 0.3) is 5.69 Å². The van der Waals surface area contributed by atoms with Crippen molar-refractivity contribution in [1.29, 1.82) is 0 Å². The summed E-state index contributed by atoms with van der Waals surface area (Å²) >= 11 is 5.69. The molecule has 0 aliphatic heterocycles. The second kappa shape index (κ2) is 4.53. The molecule has 5 heteroatoms. The zero-order valence-corrected chi connectivity index (χ0v) is 7.77. The lowest BCUT2D eigenvalue weighted by Gasteiger charge is -1.97. The van der Waals surface area contributed by atoms with Crippen LogP contribution in [0.25, 0.3) is 5.03 Å². The molecule has 0 bridgehead atoms. The van der Waals surface area contributed by atoms with E-state index in [-0.39, 0.29) is 10.7 Å². The molecule has 0 N–H and O–H groups in total. The van der Waals surface area contributed by atoms with E-state index in [1.54, 1.807) is 6.07 Å². The van der Waals surface area contributed by atoms with Gasteiger partial charge >= 0.3 is 0 Å². The van der Waals surface area contributed by atoms with Crippen molar-refractivity contribution in [3.63, 3.8) is 0 Å². The van der Waals surface area contributed by atoms with E-state index in [0.29, 0.717) is 11.8 Å². The minimum Gasteiger partial charge on any atom is -0.299 e. The van der Waals surface area contributed by atoms with E-state index in [1.165, 1.54) is 18.2 Å². The van der Waals surface area contributed by atoms with Crippen LogP contribution in [0.4, 0.5) is 5.69 Å². The average Bonchev–Trinajstić information content (AvgIpc) is 2.18. The lowest BCUT2D eigenvalue weighted by Crippen LogP contribution is -1.88. The predicted molar refractivity (Wildman–Crippen MR) is 53.0 cm³/mol. The largest absolute Gasteiger partial charge is 0.299 e. The van der Waals surface area contributed by atoms with Crippen LogP contribution in [0.5, 0.6) is 0 Å². The Morgan fingerprint density at radius 3 is 2.79 bits per heavy atom. The van der Waals surface area contributed by atoms with Crippen molar-refractivity contribution in [2.24, 2.45) is 0 Å². The fourth-order valence-corrected chi connectivity index (χ4v) is 1.09. The summed E-state index contributed by atoms with van der Waals surface area (Å²) in [5, 5.41) is 10.6. The summed E-state index contributed by atoms with van der Waals surface area (Å²) in [4.78, 5) is 20.0. The number of nitro groups is 1. The molecule has 0 aliphatic rings. The van der Waals surface area contributed by atoms with Gasteiger partial charge in [-0.3, -0.25) is 14.9 Å². The smallest absolute Gasteiger partial charge is 0.270 e. The highest BCUT2D eigenvalue weighted by Gasteiger charge is 2.06. The first-order valence-corrected chi connectivity index (χ1v) is 4.08. The van der Waals surface area contributed by atoms with Gasteiger partial charge in [0.2, 0.25) is 0 Å². The number of rotatable bonds is 3. The number of non-ortho nitro benzene ring substituents is 1. The molecule has 0 aliphatic carbocycles. The number of carbonyl (C=O) groups is 1. The molecule has 0 radical (unpaired) electrons. The second-order valence-corrected chi connectivity index (χ2v) is 2.87. The minimum atomic E-state index is -0.519. The van der Waals surface area contributed by atoms with E-state index in [1.807, 2.05) is 0 Å². The highest BCUT2D eigenvalue weighted by molar-refractivity contribution is 6.49. The Morgan fingerprint density at radius 2 is 2.21 bits per heavy atom. The minimum absolute atomic E-state index is 0.0556. The Bertz CT molecular complexity index is 401. The first-order valence-electron chi connectivity index (χ1n) is 3.71. The van der Waals surface area contributed by atoms with E-state index in [9.17, 15) is 14.9 Å². The van der Waals surface area contributed by atoms with Crippen molar-refractivity contribution in [2.45, 2.75) is 0 Å². The molecule has 0 saturated carbocycles. The van der Waals surface area contributed by atoms with E-state index in [4.69, 9.17) is 11.6 Å². The molecule has 0 amide bonds. The van der Waals surface area contributed by atoms with Gasteiger partial charge in [0.05, 0.1) is 9.96 Å². The first kappa shape index (κ1) is 10.4. The van der Waals surface area contributed by atoms with E-state index >= 15 is 0 Å². The third kappa shape index (κ3) is 2.40. The van der Waals surface area contributed by atoms with Crippen LogP contribution in [-0.4, -0.2) is 11.2 Å². The summed E-state index contributed by atoms with van der Waals surface area (Å²) in [6, 6.07) is 5.76. The predicted octanol–water partition coefficient (Wildman–Crippen LogP) is 2.37. The monoisotopic (exact) mass is 211 g/mol. The molecule has 0 spiro atoms. The van der Waals surface area contributed by atoms with Crippen LogP contribution < -0.4 is 0 Å². The van der Waals surface area contributed by atoms with Crippen LogP contribution in [-0.2, 0) is 4.79 Å². The van der Waals surface area contributed by atoms with Crippen molar-refractivity contribution < 1.29 is 9.72 Å². The SMILES string of the molecule is O=CC=C(Cl)c1cccc([N+](=O)[O-])c1. The Kier molecular flexibility index (Phi) is 3.36. The zero-order chi connectivity index (χ0) is 10.6. The lowest BCUT2D eigenvalue weighted by molar-refractivity contribution is -0.384. The Hall–Kier alpha value is -1.68. The summed E-state index contributed by atoms with van der Waals surface area (Å²) in [5.41, 5.74) is 0.396. The summed E-state index contributed by atoms with van der Waals surface area (Å²) < 4.78 is 0. The van der Waals surface area contributed by atoms with Gasteiger partial charge in [0.15, 0.2) is 0 Å². The maximum atomic E-state index is 10.4. The number of aldehydes is 1. The molecule has 1 aromatic rings. The number of halogens is 1. The van der Waals surface area contributed by atoms with Gasteiger partial charge in [-0.05, 0) is 11.6 Å². The van der Waals surface area contributed by atoms with Gasteiger partial charge in [-0.15, -0.1) is 0 Å². The van der Waals surface area contributed by atoms with Crippen LogP contribution >= 0.6 is 11.6 Å². The quantitative estimate of drug-likeness (QED) is 0.334. The molecule has 1 aromatic carbocycles. The molecule has 0 unspecified atom stereocenters. The third-order valence-corrected chi connectivity index (χ3v) is 1.89. The van der Waals surface area contributed by atoms with E-state index < -0.39 is 4.92 Å². The molecule has 14 heavy (non-hydrogen) atoms. The summed E-state index contributed by atoms with van der Waals surface area (Å²) in [5.74, 6) is 0. The van der Waals surface area contributed by atoms with Gasteiger partial charge in [-0.25, -0.2) is 0 Å². The van der Waals surface area contributed by atoms with Gasteiger partial charge in [0.1, 0.15) is 6.29 Å². The van der Waals surface area contributed by atoms with Gasteiger partial charge in [-0.1, -0.05) is 23.7 Å². The molecule has 0 saturated heterocycles. The summed E-state index contributed by atoms with van der Waals surface area (Å²) in [7, 11) is 0. The molecule has 4 nitrogen and oxygen atoms in total. The Morgan fingerprint density at radius 1 is 1.50 bits per heavy atom. The van der Waals surface area contributed by atoms with Gasteiger partial charge < -0.3 is 0 Å². The maximum absolute atomic E-state index is 10.4. The third-order valence-electron chi connectivity index (χ3n) is 1.55. The molecule has 72 valence electrons. The number of carbonyl (C=O) groups excluding carboxylic acids is 1. The average molecular weight is 212 g/mol. The van der Waals surface area contributed by atoms with Crippen molar-refractivity contribution in [2.75, 3.05) is 0 Å². The zero-order valence-electron chi connectivity index (χ0n) is 7.01. The summed E-state index contributed by atoms with van der Waals surface area (Å²) in [6.45, 7) is 0. The number of nitrogens with zero attached hydrogens (tertiary/aromatic N) is 1. The molecule has 0 atom stereocenters. The Balaban J connectivity index is 3.11. The van der Waals surface area contributed by atoms with Crippen LogP contribution in [0.15, 0.2) is 30.3 Å². The number of benzene rings is 1. The normalized spacial score (nSPS) is 11.1. The second-order valence-electron chi connectivity index (χ2n) is 2.46. The van der Waals surface area contributed by atoms with Crippen LogP contribution in [0.2, 0.25) is 0 Å². The molecular formula is C9H6ClNO3. The molecule has 0 fully saturated rings. The molecule has 1 rings (SSSR count). The highest BCUT2D eigenvalue weighted by Crippen LogP contribution is 2.22. The Labute approximate surface area is 85.0 Å². The summed E-state index contributed by atoms with van der Waals surface area (Å²) in [6.07, 6.45) is 1.67.